The van der Waals surface area contributed by atoms with Crippen LogP contribution in [-0.2, 0) is 4.57 Å². The van der Waals surface area contributed by atoms with Crippen LogP contribution in [0, 0.1) is 0 Å². The minimum Gasteiger partial charge on any atom is -0.307 e. The third kappa shape index (κ3) is 3.07. The molecule has 0 saturated heterocycles. The van der Waals surface area contributed by atoms with E-state index in [0.717, 1.165) is 0 Å². The summed E-state index contributed by atoms with van der Waals surface area (Å²) in [7, 11) is -3.39. The van der Waals surface area contributed by atoms with Crippen molar-refractivity contribution >= 4 is 34.1 Å². The molecule has 5 heteroatoms. The molecule has 1 heterocycles. The summed E-state index contributed by atoms with van der Waals surface area (Å²) in [5.74, 6) is 0. The van der Waals surface area contributed by atoms with Crippen LogP contribution in [0.15, 0.2) is 91.0 Å². The van der Waals surface area contributed by atoms with Gasteiger partial charge in [0.15, 0.2) is 7.14 Å². The van der Waals surface area contributed by atoms with Crippen molar-refractivity contribution in [2.24, 2.45) is 0 Å². The van der Waals surface area contributed by atoms with Gasteiger partial charge in [0.05, 0.1) is 5.52 Å². The highest BCUT2D eigenvalue weighted by atomic mass is 31.2. The maximum atomic E-state index is 14.3. The Morgan fingerprint density at radius 2 is 1.26 bits per heavy atom. The van der Waals surface area contributed by atoms with E-state index < -0.39 is 13.6 Å². The molecule has 0 N–H and O–H groups in total. The minimum absolute atomic E-state index is 0.150. The Hall–Kier alpha value is -2.84. The molecule has 1 aromatic heterocycles. The molecule has 134 valence electrons. The molecule has 0 aliphatic carbocycles. The minimum atomic E-state index is -3.39. The molecular weight excluding hydrogens is 363 g/mol. The molecule has 0 unspecified atom stereocenters. The van der Waals surface area contributed by atoms with Gasteiger partial charge in [0, 0.05) is 21.6 Å². The van der Waals surface area contributed by atoms with Gasteiger partial charge in [0.25, 0.3) is 6.43 Å². The highest BCUT2D eigenvalue weighted by Gasteiger charge is 2.32. The van der Waals surface area contributed by atoms with Gasteiger partial charge in [-0.15, -0.1) is 0 Å². The van der Waals surface area contributed by atoms with E-state index in [4.69, 9.17) is 0 Å². The van der Waals surface area contributed by atoms with Crippen molar-refractivity contribution in [3.05, 3.63) is 96.6 Å². The number of hydrogen-bond donors (Lipinski definition) is 0. The summed E-state index contributed by atoms with van der Waals surface area (Å²) in [6.07, 6.45) is -2.68. The van der Waals surface area contributed by atoms with Gasteiger partial charge in [-0.2, -0.15) is 0 Å². The SMILES string of the molecule is O=P(c1ccccc1)(c1ccccc1)c1cc(C(F)F)c2ccccc2n1. The van der Waals surface area contributed by atoms with Crippen LogP contribution in [0.5, 0.6) is 0 Å². The lowest BCUT2D eigenvalue weighted by Gasteiger charge is -2.20. The van der Waals surface area contributed by atoms with E-state index in [1.807, 2.05) is 12.1 Å². The van der Waals surface area contributed by atoms with Crippen molar-refractivity contribution in [2.75, 3.05) is 0 Å². The van der Waals surface area contributed by atoms with Gasteiger partial charge in [-0.3, -0.25) is 0 Å². The van der Waals surface area contributed by atoms with Crippen LogP contribution in [0.25, 0.3) is 10.9 Å². The lowest BCUT2D eigenvalue weighted by atomic mass is 10.1. The smallest absolute Gasteiger partial charge is 0.264 e. The number of fused-ring (bicyclic) bond motifs is 1. The second-order valence-electron chi connectivity index (χ2n) is 6.17. The first-order chi connectivity index (χ1) is 13.1. The van der Waals surface area contributed by atoms with Gasteiger partial charge in [0.1, 0.15) is 5.44 Å². The van der Waals surface area contributed by atoms with E-state index in [1.54, 1.807) is 72.8 Å². The van der Waals surface area contributed by atoms with Crippen LogP contribution in [0.3, 0.4) is 0 Å². The fourth-order valence-corrected chi connectivity index (χ4v) is 5.80. The number of rotatable bonds is 4. The van der Waals surface area contributed by atoms with Gasteiger partial charge >= 0.3 is 0 Å². The number of nitrogens with zero attached hydrogens (tertiary/aromatic N) is 1. The molecule has 27 heavy (non-hydrogen) atoms. The van der Waals surface area contributed by atoms with Crippen LogP contribution >= 0.6 is 7.14 Å². The number of halogens is 2. The lowest BCUT2D eigenvalue weighted by molar-refractivity contribution is 0.153. The molecule has 0 atom stereocenters. The zero-order valence-corrected chi connectivity index (χ0v) is 15.2. The highest BCUT2D eigenvalue weighted by Crippen LogP contribution is 2.43. The Morgan fingerprint density at radius 1 is 0.741 bits per heavy atom. The molecule has 2 nitrogen and oxygen atoms in total. The van der Waals surface area contributed by atoms with Crippen molar-refractivity contribution < 1.29 is 13.3 Å². The quantitative estimate of drug-likeness (QED) is 0.476. The topological polar surface area (TPSA) is 30.0 Å². The van der Waals surface area contributed by atoms with E-state index in [9.17, 15) is 13.3 Å². The average Bonchev–Trinajstić information content (AvgIpc) is 2.73. The first-order valence-corrected chi connectivity index (χ1v) is 10.2. The molecule has 0 aliphatic heterocycles. The molecule has 0 bridgehead atoms. The number of hydrogen-bond acceptors (Lipinski definition) is 2. The first kappa shape index (κ1) is 17.6. The monoisotopic (exact) mass is 379 g/mol. The first-order valence-electron chi connectivity index (χ1n) is 8.50. The van der Waals surface area contributed by atoms with E-state index >= 15 is 0 Å². The molecule has 0 radical (unpaired) electrons. The fraction of sp³-hybridized carbons (Fsp3) is 0.0455. The predicted molar refractivity (Wildman–Crippen MR) is 106 cm³/mol. The maximum absolute atomic E-state index is 14.3. The summed E-state index contributed by atoms with van der Waals surface area (Å²) in [6.45, 7) is 0. The van der Waals surface area contributed by atoms with Gasteiger partial charge in [-0.05, 0) is 12.1 Å². The Morgan fingerprint density at radius 3 is 1.81 bits per heavy atom. The summed E-state index contributed by atoms with van der Waals surface area (Å²) >= 11 is 0. The van der Waals surface area contributed by atoms with E-state index in [1.165, 1.54) is 6.07 Å². The Labute approximate surface area is 155 Å². The zero-order chi connectivity index (χ0) is 18.9. The van der Waals surface area contributed by atoms with Gasteiger partial charge in [-0.1, -0.05) is 78.9 Å². The normalized spacial score (nSPS) is 11.8. The second kappa shape index (κ2) is 7.05. The molecular formula is C22H16F2NOP. The number of pyridine rings is 1. The van der Waals surface area contributed by atoms with Crippen LogP contribution in [0.1, 0.15) is 12.0 Å². The van der Waals surface area contributed by atoms with Crippen molar-refractivity contribution in [1.82, 2.24) is 4.98 Å². The third-order valence-electron chi connectivity index (χ3n) is 4.53. The standard InChI is InChI=1S/C22H16F2NOP/c23-22(24)19-15-21(25-20-14-8-7-13-18(19)20)27(26,16-9-3-1-4-10-16)17-11-5-2-6-12-17/h1-15,22H. The number of benzene rings is 3. The highest BCUT2D eigenvalue weighted by molar-refractivity contribution is 7.85. The number of aromatic nitrogens is 1. The van der Waals surface area contributed by atoms with Gasteiger partial charge < -0.3 is 4.57 Å². The molecule has 0 fully saturated rings. The lowest BCUT2D eigenvalue weighted by Crippen LogP contribution is -2.27. The summed E-state index contributed by atoms with van der Waals surface area (Å²) in [5, 5.41) is 1.52. The molecule has 4 rings (SSSR count). The molecule has 0 spiro atoms. The van der Waals surface area contributed by atoms with Crippen LogP contribution in [-0.4, -0.2) is 4.98 Å². The van der Waals surface area contributed by atoms with E-state index in [-0.39, 0.29) is 11.0 Å². The summed E-state index contributed by atoms with van der Waals surface area (Å²) in [6, 6.07) is 25.9. The molecule has 4 aromatic rings. The Bertz CT molecular complexity index is 1090. The maximum Gasteiger partial charge on any atom is 0.264 e. The second-order valence-corrected chi connectivity index (χ2v) is 8.88. The largest absolute Gasteiger partial charge is 0.307 e. The number of para-hydroxylation sites is 1. The van der Waals surface area contributed by atoms with Crippen LogP contribution in [0.2, 0.25) is 0 Å². The van der Waals surface area contributed by atoms with Crippen molar-refractivity contribution in [2.45, 2.75) is 6.43 Å². The zero-order valence-electron chi connectivity index (χ0n) is 14.3. The third-order valence-corrected chi connectivity index (χ3v) is 7.46. The summed E-state index contributed by atoms with van der Waals surface area (Å²) < 4.78 is 41.8. The van der Waals surface area contributed by atoms with Gasteiger partial charge in [0.2, 0.25) is 0 Å². The van der Waals surface area contributed by atoms with E-state index in [0.29, 0.717) is 21.5 Å². The Balaban J connectivity index is 2.07. The van der Waals surface area contributed by atoms with Gasteiger partial charge in [-0.25, -0.2) is 13.8 Å². The van der Waals surface area contributed by atoms with Crippen molar-refractivity contribution in [1.29, 1.82) is 0 Å². The Kier molecular flexibility index (Phi) is 4.59. The van der Waals surface area contributed by atoms with Crippen molar-refractivity contribution in [3.63, 3.8) is 0 Å². The number of alkyl halides is 2. The van der Waals surface area contributed by atoms with E-state index in [2.05, 4.69) is 4.98 Å². The molecule has 3 aromatic carbocycles. The predicted octanol–water partition coefficient (Wildman–Crippen LogP) is 4.81. The summed E-state index contributed by atoms with van der Waals surface area (Å²) in [5.41, 5.74) is 0.439. The molecule has 0 saturated carbocycles. The van der Waals surface area contributed by atoms with Crippen LogP contribution in [0.4, 0.5) is 8.78 Å². The average molecular weight is 379 g/mol. The summed E-state index contributed by atoms with van der Waals surface area (Å²) in [4.78, 5) is 4.55. The van der Waals surface area contributed by atoms with Crippen molar-refractivity contribution in [3.8, 4) is 0 Å². The molecule has 0 amide bonds. The fourth-order valence-electron chi connectivity index (χ4n) is 3.22. The molecule has 0 aliphatic rings. The van der Waals surface area contributed by atoms with Crippen LogP contribution < -0.4 is 16.0 Å².